The molecular formula is C25H24N6O3S. The van der Waals surface area contributed by atoms with Crippen molar-refractivity contribution in [3.63, 3.8) is 0 Å². The van der Waals surface area contributed by atoms with E-state index in [1.165, 1.54) is 11.8 Å². The summed E-state index contributed by atoms with van der Waals surface area (Å²) in [6.45, 7) is 5.32. The number of rotatable bonds is 6. The number of aromatic nitrogens is 4. The highest BCUT2D eigenvalue weighted by Crippen LogP contribution is 2.20. The van der Waals surface area contributed by atoms with E-state index in [2.05, 4.69) is 25.9 Å². The maximum absolute atomic E-state index is 12.6. The van der Waals surface area contributed by atoms with Gasteiger partial charge in [0.15, 0.2) is 5.16 Å². The minimum absolute atomic E-state index is 0.318. The highest BCUT2D eigenvalue weighted by atomic mass is 32.2. The molecule has 2 aromatic carbocycles. The number of hydrogen-bond acceptors (Lipinski definition) is 7. The first-order valence-electron chi connectivity index (χ1n) is 10.9. The second-order valence-electron chi connectivity index (χ2n) is 8.01. The second-order valence-corrected chi connectivity index (χ2v) is 8.96. The van der Waals surface area contributed by atoms with Crippen molar-refractivity contribution >= 4 is 34.3 Å². The Kier molecular flexibility index (Phi) is 7.21. The smallest absolute Gasteiger partial charge is 0.271 e. The fraction of sp³-hybridized carbons (Fsp3) is 0.200. The number of thioether (sulfide) groups is 1. The van der Waals surface area contributed by atoms with Gasteiger partial charge < -0.3 is 0 Å². The molecule has 0 spiro atoms. The molecular weight excluding hydrogens is 464 g/mol. The number of carbonyl (C=O) groups is 2. The monoisotopic (exact) mass is 488 g/mol. The van der Waals surface area contributed by atoms with Crippen LogP contribution >= 0.6 is 11.8 Å². The Morgan fingerprint density at radius 3 is 2.26 bits per heavy atom. The molecule has 0 bridgehead atoms. The topological polar surface area (TPSA) is 119 Å². The van der Waals surface area contributed by atoms with Crippen molar-refractivity contribution in [3.05, 3.63) is 93.2 Å². The number of amides is 2. The number of fused-ring (bicyclic) bond motifs is 1. The van der Waals surface area contributed by atoms with Gasteiger partial charge in [0.25, 0.3) is 17.4 Å². The quantitative estimate of drug-likeness (QED) is 0.243. The lowest BCUT2D eigenvalue weighted by atomic mass is 10.1. The Morgan fingerprint density at radius 2 is 1.57 bits per heavy atom. The van der Waals surface area contributed by atoms with Crippen LogP contribution in [-0.2, 0) is 17.1 Å². The predicted molar refractivity (Wildman–Crippen MR) is 134 cm³/mol. The number of hydrazine groups is 1. The van der Waals surface area contributed by atoms with E-state index in [0.29, 0.717) is 27.6 Å². The highest BCUT2D eigenvalue weighted by Gasteiger charge is 2.12. The molecule has 0 aliphatic rings. The summed E-state index contributed by atoms with van der Waals surface area (Å²) in [7, 11) is 0. The van der Waals surface area contributed by atoms with Crippen molar-refractivity contribution < 1.29 is 9.59 Å². The predicted octanol–water partition coefficient (Wildman–Crippen LogP) is 2.87. The maximum Gasteiger partial charge on any atom is 0.275 e. The molecule has 2 N–H and O–H groups in total. The van der Waals surface area contributed by atoms with Crippen LogP contribution in [0.5, 0.6) is 0 Å². The lowest BCUT2D eigenvalue weighted by molar-refractivity contribution is -0.122. The molecule has 0 aliphatic carbocycles. The van der Waals surface area contributed by atoms with Crippen molar-refractivity contribution in [1.82, 2.24) is 30.6 Å². The third kappa shape index (κ3) is 5.90. The van der Waals surface area contributed by atoms with Gasteiger partial charge in [-0.15, -0.1) is 0 Å². The minimum atomic E-state index is -0.566. The number of benzene rings is 2. The van der Waals surface area contributed by atoms with Gasteiger partial charge in [0.1, 0.15) is 6.54 Å². The van der Waals surface area contributed by atoms with E-state index >= 15 is 0 Å². The van der Waals surface area contributed by atoms with Gasteiger partial charge in [-0.3, -0.25) is 25.2 Å². The van der Waals surface area contributed by atoms with Crippen LogP contribution in [0.15, 0.2) is 64.5 Å². The highest BCUT2D eigenvalue weighted by molar-refractivity contribution is 7.98. The number of carbonyl (C=O) groups excluding carboxylic acids is 2. The summed E-state index contributed by atoms with van der Waals surface area (Å²) >= 11 is 1.52. The van der Waals surface area contributed by atoms with Gasteiger partial charge in [-0.05, 0) is 50.6 Å². The first-order chi connectivity index (χ1) is 16.8. The van der Waals surface area contributed by atoms with Crippen LogP contribution in [0, 0.1) is 20.8 Å². The van der Waals surface area contributed by atoms with Crippen LogP contribution in [0.1, 0.15) is 33.0 Å². The zero-order chi connectivity index (χ0) is 24.9. The molecule has 178 valence electrons. The van der Waals surface area contributed by atoms with Crippen LogP contribution < -0.4 is 16.4 Å². The number of nitrogens with zero attached hydrogens (tertiary/aromatic N) is 4. The van der Waals surface area contributed by atoms with Crippen LogP contribution in [0.4, 0.5) is 0 Å². The Balaban J connectivity index is 1.32. The Labute approximate surface area is 206 Å². The standard InChI is InChI=1S/C25H24N6O3S/c1-15-12-16(2)27-25(26-15)35-14-18-8-10-19(11-9-18)23(33)29-28-22(32)13-31-24(34)21-7-5-4-6-20(21)17(3)30-31/h4-12H,13-14H2,1-3H3,(H,28,32)(H,29,33). The summed E-state index contributed by atoms with van der Waals surface area (Å²) < 4.78 is 1.09. The molecule has 0 saturated carbocycles. The molecule has 0 aliphatic heterocycles. The largest absolute Gasteiger partial charge is 0.275 e. The summed E-state index contributed by atoms with van der Waals surface area (Å²) in [5, 5.41) is 6.14. The fourth-order valence-corrected chi connectivity index (χ4v) is 4.45. The number of nitrogens with one attached hydrogen (secondary N) is 2. The van der Waals surface area contributed by atoms with Crippen molar-refractivity contribution in [2.24, 2.45) is 0 Å². The number of aryl methyl sites for hydroxylation is 3. The first kappa shape index (κ1) is 24.1. The summed E-state index contributed by atoms with van der Waals surface area (Å²) in [6.07, 6.45) is 0. The molecule has 2 amide bonds. The van der Waals surface area contributed by atoms with Crippen molar-refractivity contribution in [2.75, 3.05) is 0 Å². The molecule has 10 heteroatoms. The van der Waals surface area contributed by atoms with Crippen LogP contribution in [-0.4, -0.2) is 31.6 Å². The molecule has 0 saturated heterocycles. The molecule has 2 aromatic heterocycles. The molecule has 0 radical (unpaired) electrons. The third-order valence-corrected chi connectivity index (χ3v) is 6.13. The average molecular weight is 489 g/mol. The van der Waals surface area contributed by atoms with Crippen LogP contribution in [0.25, 0.3) is 10.8 Å². The molecule has 2 heterocycles. The fourth-order valence-electron chi connectivity index (χ4n) is 3.54. The van der Waals surface area contributed by atoms with Gasteiger partial charge in [0, 0.05) is 28.1 Å². The lowest BCUT2D eigenvalue weighted by Gasteiger charge is -2.10. The van der Waals surface area contributed by atoms with E-state index in [1.54, 1.807) is 31.2 Å². The molecule has 0 unspecified atom stereocenters. The second kappa shape index (κ2) is 10.5. The average Bonchev–Trinajstić information content (AvgIpc) is 2.84. The van der Waals surface area contributed by atoms with E-state index in [9.17, 15) is 14.4 Å². The molecule has 35 heavy (non-hydrogen) atoms. The molecule has 4 aromatic rings. The van der Waals surface area contributed by atoms with Gasteiger partial charge in [-0.1, -0.05) is 42.1 Å². The van der Waals surface area contributed by atoms with Gasteiger partial charge in [-0.2, -0.15) is 5.10 Å². The van der Waals surface area contributed by atoms with Gasteiger partial charge in [-0.25, -0.2) is 14.6 Å². The number of hydrogen-bond donors (Lipinski definition) is 2. The molecule has 0 fully saturated rings. The summed E-state index contributed by atoms with van der Waals surface area (Å²) in [5.41, 5.74) is 8.22. The van der Waals surface area contributed by atoms with E-state index in [1.807, 2.05) is 44.2 Å². The van der Waals surface area contributed by atoms with E-state index < -0.39 is 11.8 Å². The summed E-state index contributed by atoms with van der Waals surface area (Å²) in [4.78, 5) is 46.2. The Morgan fingerprint density at radius 1 is 0.914 bits per heavy atom. The lowest BCUT2D eigenvalue weighted by Crippen LogP contribution is -2.44. The van der Waals surface area contributed by atoms with E-state index in [-0.39, 0.29) is 12.1 Å². The zero-order valence-electron chi connectivity index (χ0n) is 19.5. The van der Waals surface area contributed by atoms with Crippen LogP contribution in [0.3, 0.4) is 0 Å². The third-order valence-electron chi connectivity index (χ3n) is 5.21. The van der Waals surface area contributed by atoms with Crippen molar-refractivity contribution in [3.8, 4) is 0 Å². The normalized spacial score (nSPS) is 10.8. The van der Waals surface area contributed by atoms with Gasteiger partial charge in [0.05, 0.1) is 11.1 Å². The Hall–Kier alpha value is -4.05. The summed E-state index contributed by atoms with van der Waals surface area (Å²) in [5.74, 6) is -0.372. The SMILES string of the molecule is Cc1cc(C)nc(SCc2ccc(C(=O)NNC(=O)Cn3nc(C)c4ccccc4c3=O)cc2)n1. The maximum atomic E-state index is 12.6. The van der Waals surface area contributed by atoms with Gasteiger partial charge >= 0.3 is 0 Å². The molecule has 0 atom stereocenters. The van der Waals surface area contributed by atoms with E-state index in [0.717, 1.165) is 27.0 Å². The molecule has 4 rings (SSSR count). The zero-order valence-corrected chi connectivity index (χ0v) is 20.3. The van der Waals surface area contributed by atoms with Crippen LogP contribution in [0.2, 0.25) is 0 Å². The van der Waals surface area contributed by atoms with Crippen molar-refractivity contribution in [2.45, 2.75) is 38.2 Å². The Bertz CT molecular complexity index is 1450. The first-order valence-corrected chi connectivity index (χ1v) is 11.9. The van der Waals surface area contributed by atoms with E-state index in [4.69, 9.17) is 0 Å². The van der Waals surface area contributed by atoms with Gasteiger partial charge in [0.2, 0.25) is 0 Å². The molecule has 9 nitrogen and oxygen atoms in total. The van der Waals surface area contributed by atoms with Crippen molar-refractivity contribution in [1.29, 1.82) is 0 Å². The minimum Gasteiger partial charge on any atom is -0.271 e. The summed E-state index contributed by atoms with van der Waals surface area (Å²) in [6, 6.07) is 16.1.